The number of fused-ring (bicyclic) bond motifs is 8. The molecule has 2 aromatic heterocycles. The van der Waals surface area contributed by atoms with E-state index in [2.05, 4.69) is 169 Å². The molecule has 0 N–H and O–H groups in total. The molecule has 2 nitrogen and oxygen atoms in total. The molecule has 0 atom stereocenters. The molecule has 49 heavy (non-hydrogen) atoms. The molecule has 0 bridgehead atoms. The molecule has 0 radical (unpaired) electrons. The first-order chi connectivity index (χ1) is 24.3. The monoisotopic (exact) mass is 643 g/mol. The topological polar surface area (TPSA) is 16.4 Å². The highest BCUT2D eigenvalue weighted by atomic mass is 32.1. The van der Waals surface area contributed by atoms with Crippen molar-refractivity contribution < 1.29 is 4.42 Å². The van der Waals surface area contributed by atoms with Crippen LogP contribution in [0, 0.1) is 0 Å². The van der Waals surface area contributed by atoms with E-state index in [1.165, 1.54) is 53.2 Å². The van der Waals surface area contributed by atoms with Crippen LogP contribution in [0.4, 0.5) is 17.1 Å². The van der Waals surface area contributed by atoms with Crippen molar-refractivity contribution in [2.75, 3.05) is 4.90 Å². The minimum Gasteiger partial charge on any atom is -0.456 e. The summed E-state index contributed by atoms with van der Waals surface area (Å²) in [6.07, 6.45) is 0. The summed E-state index contributed by atoms with van der Waals surface area (Å²) >= 11 is 1.88. The number of anilines is 3. The Labute approximate surface area is 287 Å². The van der Waals surface area contributed by atoms with E-state index in [0.717, 1.165) is 39.0 Å². The molecule has 0 fully saturated rings. The Morgan fingerprint density at radius 1 is 0.408 bits per heavy atom. The van der Waals surface area contributed by atoms with Crippen LogP contribution in [0.5, 0.6) is 0 Å². The Morgan fingerprint density at radius 2 is 1.10 bits per heavy atom. The van der Waals surface area contributed by atoms with Crippen LogP contribution >= 0.6 is 11.3 Å². The van der Waals surface area contributed by atoms with Gasteiger partial charge in [-0.05, 0) is 76.0 Å². The van der Waals surface area contributed by atoms with Gasteiger partial charge < -0.3 is 9.32 Å². The van der Waals surface area contributed by atoms with E-state index >= 15 is 0 Å². The highest BCUT2D eigenvalue weighted by Gasteiger charge is 2.19. The summed E-state index contributed by atoms with van der Waals surface area (Å²) in [6, 6.07) is 63.2. The average Bonchev–Trinajstić information content (AvgIpc) is 3.74. The molecular formula is C46H29NOS. The zero-order chi connectivity index (χ0) is 32.3. The Morgan fingerprint density at radius 3 is 2.00 bits per heavy atom. The van der Waals surface area contributed by atoms with Crippen LogP contribution in [-0.4, -0.2) is 0 Å². The lowest BCUT2D eigenvalue weighted by molar-refractivity contribution is 0.669. The van der Waals surface area contributed by atoms with Gasteiger partial charge in [-0.3, -0.25) is 0 Å². The summed E-state index contributed by atoms with van der Waals surface area (Å²) in [6.45, 7) is 0. The van der Waals surface area contributed by atoms with Crippen molar-refractivity contribution in [3.8, 4) is 22.3 Å². The highest BCUT2D eigenvalue weighted by molar-refractivity contribution is 7.26. The lowest BCUT2D eigenvalue weighted by Gasteiger charge is -2.28. The predicted molar refractivity (Wildman–Crippen MR) is 210 cm³/mol. The fraction of sp³-hybridized carbons (Fsp3) is 0. The predicted octanol–water partition coefficient (Wildman–Crippen LogP) is 13.9. The molecule has 3 heteroatoms. The number of thiophene rings is 1. The number of hydrogen-bond donors (Lipinski definition) is 0. The van der Waals surface area contributed by atoms with Crippen molar-refractivity contribution in [1.82, 2.24) is 0 Å². The number of rotatable bonds is 5. The minimum atomic E-state index is 0.876. The van der Waals surface area contributed by atoms with Crippen LogP contribution in [0.15, 0.2) is 180 Å². The lowest BCUT2D eigenvalue weighted by atomic mass is 10.00. The normalized spacial score (nSPS) is 11.7. The summed E-state index contributed by atoms with van der Waals surface area (Å²) in [5, 5.41) is 7.49. The molecule has 10 aromatic rings. The van der Waals surface area contributed by atoms with Gasteiger partial charge in [-0.1, -0.05) is 121 Å². The van der Waals surface area contributed by atoms with Crippen molar-refractivity contribution in [2.45, 2.75) is 0 Å². The standard InChI is InChI=1S/C46H29NOS/c1-2-10-31(11-3-1)36-13-6-8-16-42(36)47(35-24-26-39-38-15-7-9-17-43(38)48-44(39)29-35)34-22-18-30(19-23-34)33-21-27-45-41(28-33)40-25-20-32-12-4-5-14-37(32)46(40)49-45/h1-29H. The average molecular weight is 644 g/mol. The van der Waals surface area contributed by atoms with Gasteiger partial charge in [-0.25, -0.2) is 0 Å². The third-order valence-corrected chi connectivity index (χ3v) is 10.9. The molecule has 0 amide bonds. The van der Waals surface area contributed by atoms with Gasteiger partial charge in [0.25, 0.3) is 0 Å². The first-order valence-corrected chi connectivity index (χ1v) is 17.4. The fourth-order valence-corrected chi connectivity index (χ4v) is 8.52. The van der Waals surface area contributed by atoms with E-state index in [9.17, 15) is 0 Å². The van der Waals surface area contributed by atoms with Gasteiger partial charge in [0, 0.05) is 53.9 Å². The van der Waals surface area contributed by atoms with Gasteiger partial charge in [-0.2, -0.15) is 0 Å². The quantitative estimate of drug-likeness (QED) is 0.186. The largest absolute Gasteiger partial charge is 0.456 e. The van der Waals surface area contributed by atoms with Crippen molar-refractivity contribution in [2.24, 2.45) is 0 Å². The van der Waals surface area contributed by atoms with E-state index < -0.39 is 0 Å². The Hall–Kier alpha value is -6.16. The maximum atomic E-state index is 6.36. The van der Waals surface area contributed by atoms with Gasteiger partial charge in [0.05, 0.1) is 5.69 Å². The summed E-state index contributed by atoms with van der Waals surface area (Å²) in [7, 11) is 0. The number of furan rings is 1. The molecule has 0 aliphatic rings. The molecule has 0 saturated carbocycles. The van der Waals surface area contributed by atoms with E-state index in [4.69, 9.17) is 4.42 Å². The van der Waals surface area contributed by atoms with Crippen LogP contribution in [0.25, 0.3) is 75.1 Å². The Balaban J connectivity index is 1.11. The number of benzene rings is 8. The maximum Gasteiger partial charge on any atom is 0.137 e. The smallest absolute Gasteiger partial charge is 0.137 e. The molecule has 230 valence electrons. The summed E-state index contributed by atoms with van der Waals surface area (Å²) in [5.41, 5.74) is 9.75. The van der Waals surface area contributed by atoms with Crippen LogP contribution in [0.2, 0.25) is 0 Å². The molecule has 8 aromatic carbocycles. The van der Waals surface area contributed by atoms with Gasteiger partial charge in [0.1, 0.15) is 11.2 Å². The fourth-order valence-electron chi connectivity index (χ4n) is 7.30. The first kappa shape index (κ1) is 27.9. The second-order valence-corrected chi connectivity index (χ2v) is 13.6. The minimum absolute atomic E-state index is 0.876. The van der Waals surface area contributed by atoms with E-state index in [1.807, 2.05) is 23.5 Å². The van der Waals surface area contributed by atoms with Gasteiger partial charge >= 0.3 is 0 Å². The zero-order valence-corrected chi connectivity index (χ0v) is 27.3. The third kappa shape index (κ3) is 4.62. The molecule has 0 saturated heterocycles. The van der Waals surface area contributed by atoms with Crippen LogP contribution in [0.1, 0.15) is 0 Å². The zero-order valence-electron chi connectivity index (χ0n) is 26.5. The lowest BCUT2D eigenvalue weighted by Crippen LogP contribution is -2.11. The SMILES string of the molecule is c1ccc(-c2ccccc2N(c2ccc(-c3ccc4sc5c6ccccc6ccc5c4c3)cc2)c2ccc3c(c2)oc2ccccc23)cc1. The highest BCUT2D eigenvalue weighted by Crippen LogP contribution is 2.44. The van der Waals surface area contributed by atoms with Crippen LogP contribution in [-0.2, 0) is 0 Å². The van der Waals surface area contributed by atoms with Crippen molar-refractivity contribution in [3.63, 3.8) is 0 Å². The molecule has 2 heterocycles. The van der Waals surface area contributed by atoms with E-state index in [0.29, 0.717) is 0 Å². The van der Waals surface area contributed by atoms with Crippen molar-refractivity contribution in [1.29, 1.82) is 0 Å². The van der Waals surface area contributed by atoms with Gasteiger partial charge in [-0.15, -0.1) is 11.3 Å². The number of nitrogens with zero attached hydrogens (tertiary/aromatic N) is 1. The van der Waals surface area contributed by atoms with E-state index in [-0.39, 0.29) is 0 Å². The molecule has 0 aliphatic carbocycles. The second-order valence-electron chi connectivity index (χ2n) is 12.5. The molecule has 10 rings (SSSR count). The van der Waals surface area contributed by atoms with Crippen molar-refractivity contribution in [3.05, 3.63) is 176 Å². The summed E-state index contributed by atoms with van der Waals surface area (Å²) in [5.74, 6) is 0. The van der Waals surface area contributed by atoms with E-state index in [1.54, 1.807) is 0 Å². The second kappa shape index (κ2) is 11.2. The molecule has 0 spiro atoms. The molecule has 0 aliphatic heterocycles. The van der Waals surface area contributed by atoms with Gasteiger partial charge in [0.2, 0.25) is 0 Å². The van der Waals surface area contributed by atoms with Crippen LogP contribution < -0.4 is 4.90 Å². The number of hydrogen-bond acceptors (Lipinski definition) is 3. The number of para-hydroxylation sites is 2. The Kier molecular flexibility index (Phi) is 6.39. The van der Waals surface area contributed by atoms with Gasteiger partial charge in [0.15, 0.2) is 0 Å². The van der Waals surface area contributed by atoms with Crippen LogP contribution in [0.3, 0.4) is 0 Å². The first-order valence-electron chi connectivity index (χ1n) is 16.6. The Bertz CT molecular complexity index is 2830. The molecule has 0 unspecified atom stereocenters. The van der Waals surface area contributed by atoms with Crippen molar-refractivity contribution >= 4 is 81.3 Å². The maximum absolute atomic E-state index is 6.36. The summed E-state index contributed by atoms with van der Waals surface area (Å²) in [4.78, 5) is 2.35. The third-order valence-electron chi connectivity index (χ3n) is 9.67. The molecular weight excluding hydrogens is 615 g/mol. The summed E-state index contributed by atoms with van der Waals surface area (Å²) < 4.78 is 9.04.